The molecule has 0 fully saturated rings. The van der Waals surface area contributed by atoms with E-state index in [1.165, 1.54) is 10.4 Å². The predicted octanol–water partition coefficient (Wildman–Crippen LogP) is 2.55. The zero-order valence-corrected chi connectivity index (χ0v) is 14.5. The summed E-state index contributed by atoms with van der Waals surface area (Å²) >= 11 is 1.56. The lowest BCUT2D eigenvalue weighted by atomic mass is 10.0. The normalized spacial score (nSPS) is 18.2. The van der Waals surface area contributed by atoms with Crippen molar-refractivity contribution >= 4 is 33.4 Å². The van der Waals surface area contributed by atoms with Crippen molar-refractivity contribution in [2.45, 2.75) is 22.3 Å². The molecule has 2 aromatic rings. The number of carbonyl (C=O) groups is 1. The molecule has 0 bridgehead atoms. The van der Waals surface area contributed by atoms with Crippen molar-refractivity contribution in [1.29, 1.82) is 0 Å². The number of nitrogens with zero attached hydrogens (tertiary/aromatic N) is 1. The first kappa shape index (κ1) is 16.8. The Morgan fingerprint density at radius 1 is 1.21 bits per heavy atom. The van der Waals surface area contributed by atoms with Crippen LogP contribution in [0.25, 0.3) is 0 Å². The molecule has 0 radical (unpaired) electrons. The molecular weight excluding hydrogens is 348 g/mol. The highest BCUT2D eigenvalue weighted by Gasteiger charge is 2.43. The number of hydroxylamine groups is 1. The van der Waals surface area contributed by atoms with E-state index in [9.17, 15) is 13.2 Å². The van der Waals surface area contributed by atoms with Crippen LogP contribution in [0.1, 0.15) is 18.0 Å². The molecule has 1 atom stereocenters. The topological polar surface area (TPSA) is 86.7 Å². The molecule has 24 heavy (non-hydrogen) atoms. The van der Waals surface area contributed by atoms with Gasteiger partial charge in [0.05, 0.1) is 23.0 Å². The van der Waals surface area contributed by atoms with Gasteiger partial charge in [-0.15, -0.1) is 11.8 Å². The maximum Gasteiger partial charge on any atom is 0.265 e. The van der Waals surface area contributed by atoms with Crippen LogP contribution in [0.3, 0.4) is 0 Å². The van der Waals surface area contributed by atoms with Crippen molar-refractivity contribution in [3.05, 3.63) is 54.1 Å². The Bertz CT molecular complexity index is 866. The summed E-state index contributed by atoms with van der Waals surface area (Å²) in [6, 6.07) is 13.0. The van der Waals surface area contributed by atoms with Crippen LogP contribution in [0, 0.1) is 0 Å². The van der Waals surface area contributed by atoms with Crippen molar-refractivity contribution in [2.24, 2.45) is 0 Å². The third-order valence-corrected chi connectivity index (χ3v) is 6.58. The summed E-state index contributed by atoms with van der Waals surface area (Å²) in [5, 5.41) is 8.83. The largest absolute Gasteiger partial charge is 0.289 e. The fourth-order valence-electron chi connectivity index (χ4n) is 2.85. The number of carbonyl (C=O) groups excluding carboxylic acids is 1. The first-order chi connectivity index (χ1) is 11.5. The van der Waals surface area contributed by atoms with E-state index in [0.29, 0.717) is 11.3 Å². The molecule has 1 heterocycles. The SMILES string of the molecule is CSc1ccc(N2C(CC(=O)NO)c3ccccc3S2(=O)=O)cc1. The molecule has 2 aromatic carbocycles. The lowest BCUT2D eigenvalue weighted by molar-refractivity contribution is -0.129. The number of anilines is 1. The van der Waals surface area contributed by atoms with Crippen LogP contribution < -0.4 is 9.79 Å². The van der Waals surface area contributed by atoms with Gasteiger partial charge in [0.2, 0.25) is 5.91 Å². The van der Waals surface area contributed by atoms with E-state index < -0.39 is 22.0 Å². The van der Waals surface area contributed by atoms with E-state index in [-0.39, 0.29) is 11.3 Å². The average molecular weight is 364 g/mol. The van der Waals surface area contributed by atoms with Crippen molar-refractivity contribution in [1.82, 2.24) is 5.48 Å². The van der Waals surface area contributed by atoms with Gasteiger partial charge in [0.1, 0.15) is 0 Å². The molecule has 1 aliphatic rings. The zero-order valence-electron chi connectivity index (χ0n) is 12.8. The van der Waals surface area contributed by atoms with Crippen molar-refractivity contribution < 1.29 is 18.4 Å². The molecule has 8 heteroatoms. The Morgan fingerprint density at radius 3 is 2.50 bits per heavy atom. The van der Waals surface area contributed by atoms with Crippen LogP contribution in [0.15, 0.2) is 58.3 Å². The first-order valence-corrected chi connectivity index (χ1v) is 9.86. The molecule has 0 saturated carbocycles. The molecule has 1 unspecified atom stereocenters. The van der Waals surface area contributed by atoms with Crippen molar-refractivity contribution in [3.63, 3.8) is 0 Å². The van der Waals surface area contributed by atoms with E-state index in [1.807, 2.05) is 18.4 Å². The molecule has 3 rings (SSSR count). The third kappa shape index (κ3) is 2.77. The van der Waals surface area contributed by atoms with E-state index >= 15 is 0 Å². The number of amides is 1. The number of sulfonamides is 1. The molecule has 126 valence electrons. The van der Waals surface area contributed by atoms with E-state index in [4.69, 9.17) is 5.21 Å². The van der Waals surface area contributed by atoms with Gasteiger partial charge < -0.3 is 0 Å². The number of hydrogen-bond donors (Lipinski definition) is 2. The highest BCUT2D eigenvalue weighted by atomic mass is 32.2. The molecule has 0 aliphatic carbocycles. The van der Waals surface area contributed by atoms with Gasteiger partial charge in [0, 0.05) is 4.90 Å². The summed E-state index contributed by atoms with van der Waals surface area (Å²) < 4.78 is 27.1. The van der Waals surface area contributed by atoms with Crippen molar-refractivity contribution in [3.8, 4) is 0 Å². The van der Waals surface area contributed by atoms with Crippen LogP contribution in [-0.2, 0) is 14.8 Å². The maximum absolute atomic E-state index is 12.9. The van der Waals surface area contributed by atoms with Gasteiger partial charge >= 0.3 is 0 Å². The predicted molar refractivity (Wildman–Crippen MR) is 91.6 cm³/mol. The Labute approximate surface area is 144 Å². The number of benzene rings is 2. The van der Waals surface area contributed by atoms with Gasteiger partial charge in [-0.2, -0.15) is 0 Å². The molecule has 2 N–H and O–H groups in total. The average Bonchev–Trinajstić information content (AvgIpc) is 2.82. The Kier molecular flexibility index (Phi) is 4.53. The number of hydrogen-bond acceptors (Lipinski definition) is 5. The second kappa shape index (κ2) is 6.46. The summed E-state index contributed by atoms with van der Waals surface area (Å²) in [7, 11) is -3.76. The number of nitrogens with one attached hydrogen (secondary N) is 1. The smallest absolute Gasteiger partial charge is 0.265 e. The Balaban J connectivity index is 2.12. The van der Waals surface area contributed by atoms with Crippen LogP contribution in [0.5, 0.6) is 0 Å². The molecular formula is C16H16N2O4S2. The Hall–Kier alpha value is -2.03. The summed E-state index contributed by atoms with van der Waals surface area (Å²) in [6.45, 7) is 0. The van der Waals surface area contributed by atoms with E-state index in [2.05, 4.69) is 0 Å². The number of fused-ring (bicyclic) bond motifs is 1. The first-order valence-electron chi connectivity index (χ1n) is 7.19. The molecule has 6 nitrogen and oxygen atoms in total. The third-order valence-electron chi connectivity index (χ3n) is 3.93. The quantitative estimate of drug-likeness (QED) is 0.495. The minimum Gasteiger partial charge on any atom is -0.289 e. The van der Waals surface area contributed by atoms with Gasteiger partial charge in [-0.1, -0.05) is 18.2 Å². The zero-order chi connectivity index (χ0) is 17.3. The van der Waals surface area contributed by atoms with Crippen LogP contribution in [0.2, 0.25) is 0 Å². The molecule has 0 spiro atoms. The number of thioether (sulfide) groups is 1. The second-order valence-corrected chi connectivity index (χ2v) is 7.95. The standard InChI is InChI=1S/C16H16N2O4S2/c1-23-12-8-6-11(7-9-12)18-14(10-16(19)17-20)13-4-2-3-5-15(13)24(18,21)22/h2-9,14,20H,10H2,1H3,(H,17,19). The summed E-state index contributed by atoms with van der Waals surface area (Å²) in [5.74, 6) is -0.641. The van der Waals surface area contributed by atoms with Crippen LogP contribution in [-0.4, -0.2) is 25.8 Å². The monoisotopic (exact) mass is 364 g/mol. The molecule has 0 saturated heterocycles. The lowest BCUT2D eigenvalue weighted by Crippen LogP contribution is -2.32. The second-order valence-electron chi connectivity index (χ2n) is 5.29. The van der Waals surface area contributed by atoms with Gasteiger partial charge in [0.15, 0.2) is 0 Å². The summed E-state index contributed by atoms with van der Waals surface area (Å²) in [6.07, 6.45) is 1.77. The van der Waals surface area contributed by atoms with Gasteiger partial charge in [-0.05, 0) is 42.2 Å². The summed E-state index contributed by atoms with van der Waals surface area (Å²) in [4.78, 5) is 12.9. The fourth-order valence-corrected chi connectivity index (χ4v) is 5.15. The Morgan fingerprint density at radius 2 is 1.88 bits per heavy atom. The van der Waals surface area contributed by atoms with Crippen LogP contribution in [0.4, 0.5) is 5.69 Å². The minimum atomic E-state index is -3.76. The summed E-state index contributed by atoms with van der Waals surface area (Å²) in [5.41, 5.74) is 2.61. The highest BCUT2D eigenvalue weighted by Crippen LogP contribution is 2.44. The minimum absolute atomic E-state index is 0.170. The maximum atomic E-state index is 12.9. The highest BCUT2D eigenvalue weighted by molar-refractivity contribution is 7.98. The molecule has 1 amide bonds. The number of rotatable bonds is 4. The fraction of sp³-hybridized carbons (Fsp3) is 0.188. The lowest BCUT2D eigenvalue weighted by Gasteiger charge is -2.25. The van der Waals surface area contributed by atoms with Gasteiger partial charge in [-0.25, -0.2) is 13.9 Å². The van der Waals surface area contributed by atoms with Gasteiger partial charge in [0.25, 0.3) is 10.0 Å². The molecule has 1 aliphatic heterocycles. The van der Waals surface area contributed by atoms with Crippen molar-refractivity contribution in [2.75, 3.05) is 10.6 Å². The van der Waals surface area contributed by atoms with E-state index in [1.54, 1.807) is 47.6 Å². The molecule has 0 aromatic heterocycles. The van der Waals surface area contributed by atoms with Crippen LogP contribution >= 0.6 is 11.8 Å². The van der Waals surface area contributed by atoms with E-state index in [0.717, 1.165) is 4.90 Å². The van der Waals surface area contributed by atoms with Gasteiger partial charge in [-0.3, -0.25) is 14.3 Å².